The first kappa shape index (κ1) is 17.5. The van der Waals surface area contributed by atoms with Crippen LogP contribution in [0, 0.1) is 5.92 Å². The summed E-state index contributed by atoms with van der Waals surface area (Å²) in [7, 11) is 0. The van der Waals surface area contributed by atoms with Gasteiger partial charge in [0.05, 0.1) is 5.92 Å². The van der Waals surface area contributed by atoms with Gasteiger partial charge in [0.25, 0.3) is 0 Å². The number of nitrogens with one attached hydrogen (secondary N) is 1. The van der Waals surface area contributed by atoms with Crippen LogP contribution in [0.4, 0.5) is 0 Å². The average Bonchev–Trinajstić information content (AvgIpc) is 3.11. The largest absolute Gasteiger partial charge is 0.489 e. The van der Waals surface area contributed by atoms with Crippen LogP contribution in [0.25, 0.3) is 0 Å². The molecule has 2 aromatic rings. The van der Waals surface area contributed by atoms with Gasteiger partial charge >= 0.3 is 0 Å². The van der Waals surface area contributed by atoms with Crippen LogP contribution in [0.3, 0.4) is 0 Å². The van der Waals surface area contributed by atoms with Crippen LogP contribution in [0.5, 0.6) is 5.75 Å². The third kappa shape index (κ3) is 5.07. The first-order chi connectivity index (χ1) is 12.2. The van der Waals surface area contributed by atoms with Gasteiger partial charge in [0.1, 0.15) is 12.4 Å². The Morgan fingerprint density at radius 3 is 2.60 bits per heavy atom. The third-order valence-electron chi connectivity index (χ3n) is 4.57. The van der Waals surface area contributed by atoms with E-state index in [1.165, 1.54) is 11.1 Å². The molecule has 1 amide bonds. The van der Waals surface area contributed by atoms with Crippen molar-refractivity contribution in [2.75, 3.05) is 19.6 Å². The van der Waals surface area contributed by atoms with Crippen LogP contribution in [0.1, 0.15) is 24.5 Å². The van der Waals surface area contributed by atoms with Gasteiger partial charge in [-0.05, 0) is 43.1 Å². The van der Waals surface area contributed by atoms with Crippen molar-refractivity contribution in [1.29, 1.82) is 0 Å². The summed E-state index contributed by atoms with van der Waals surface area (Å²) >= 11 is 0. The molecule has 1 heterocycles. The zero-order chi connectivity index (χ0) is 17.5. The number of amides is 1. The number of carbonyl (C=O) groups is 1. The summed E-state index contributed by atoms with van der Waals surface area (Å²) in [6.45, 7) is 5.97. The van der Waals surface area contributed by atoms with Crippen molar-refractivity contribution in [3.05, 3.63) is 65.7 Å². The van der Waals surface area contributed by atoms with Crippen molar-refractivity contribution in [2.24, 2.45) is 5.92 Å². The van der Waals surface area contributed by atoms with Gasteiger partial charge in [-0.2, -0.15) is 0 Å². The van der Waals surface area contributed by atoms with Gasteiger partial charge in [0, 0.05) is 19.6 Å². The number of benzene rings is 2. The van der Waals surface area contributed by atoms with E-state index in [0.29, 0.717) is 13.2 Å². The molecule has 4 nitrogen and oxygen atoms in total. The van der Waals surface area contributed by atoms with E-state index >= 15 is 0 Å². The second-order valence-electron chi connectivity index (χ2n) is 6.53. The summed E-state index contributed by atoms with van der Waals surface area (Å²) in [5.41, 5.74) is 2.42. The van der Waals surface area contributed by atoms with E-state index in [0.717, 1.165) is 31.8 Å². The van der Waals surface area contributed by atoms with Gasteiger partial charge in [-0.1, -0.05) is 42.5 Å². The highest BCUT2D eigenvalue weighted by atomic mass is 16.5. The molecule has 0 saturated carbocycles. The lowest BCUT2D eigenvalue weighted by atomic mass is 10.1. The van der Waals surface area contributed by atoms with E-state index in [2.05, 4.69) is 34.5 Å². The smallest absolute Gasteiger partial charge is 0.224 e. The lowest BCUT2D eigenvalue weighted by Gasteiger charge is -2.16. The fourth-order valence-electron chi connectivity index (χ4n) is 3.20. The minimum atomic E-state index is 0.133. The van der Waals surface area contributed by atoms with Crippen molar-refractivity contribution < 1.29 is 9.53 Å². The highest BCUT2D eigenvalue weighted by Gasteiger charge is 2.27. The first-order valence-corrected chi connectivity index (χ1v) is 9.00. The fraction of sp³-hybridized carbons (Fsp3) is 0.381. The summed E-state index contributed by atoms with van der Waals surface area (Å²) in [4.78, 5) is 14.3. The zero-order valence-corrected chi connectivity index (χ0v) is 14.8. The van der Waals surface area contributed by atoms with E-state index in [1.807, 2.05) is 37.3 Å². The van der Waals surface area contributed by atoms with Crippen molar-refractivity contribution in [1.82, 2.24) is 10.2 Å². The van der Waals surface area contributed by atoms with Crippen LogP contribution >= 0.6 is 0 Å². The van der Waals surface area contributed by atoms with Crippen LogP contribution in [-0.2, 0) is 17.9 Å². The minimum absolute atomic E-state index is 0.133. The van der Waals surface area contributed by atoms with E-state index in [1.54, 1.807) is 0 Å². The first-order valence-electron chi connectivity index (χ1n) is 9.00. The Morgan fingerprint density at radius 1 is 1.12 bits per heavy atom. The van der Waals surface area contributed by atoms with E-state index in [-0.39, 0.29) is 11.8 Å². The summed E-state index contributed by atoms with van der Waals surface area (Å²) in [6, 6.07) is 18.4. The van der Waals surface area contributed by atoms with Crippen molar-refractivity contribution in [3.63, 3.8) is 0 Å². The van der Waals surface area contributed by atoms with E-state index < -0.39 is 0 Å². The Hall–Kier alpha value is -2.33. The minimum Gasteiger partial charge on any atom is -0.489 e. The molecule has 25 heavy (non-hydrogen) atoms. The molecule has 1 atom stereocenters. The molecule has 1 aliphatic heterocycles. The summed E-state index contributed by atoms with van der Waals surface area (Å²) in [5, 5.41) is 2.92. The molecule has 1 saturated heterocycles. The molecule has 0 aromatic heterocycles. The zero-order valence-electron chi connectivity index (χ0n) is 14.8. The average molecular weight is 338 g/mol. The van der Waals surface area contributed by atoms with E-state index in [4.69, 9.17) is 4.74 Å². The van der Waals surface area contributed by atoms with Crippen LogP contribution in [0.2, 0.25) is 0 Å². The number of hydrogen-bond donors (Lipinski definition) is 1. The molecular weight excluding hydrogens is 312 g/mol. The van der Waals surface area contributed by atoms with Gasteiger partial charge in [-0.3, -0.25) is 9.69 Å². The van der Waals surface area contributed by atoms with Crippen LogP contribution < -0.4 is 10.1 Å². The third-order valence-corrected chi connectivity index (χ3v) is 4.57. The number of ether oxygens (including phenoxy) is 1. The van der Waals surface area contributed by atoms with Crippen LogP contribution in [0.15, 0.2) is 54.6 Å². The number of likely N-dealkylation sites (tertiary alicyclic amines) is 1. The molecule has 0 bridgehead atoms. The molecule has 1 N–H and O–H groups in total. The van der Waals surface area contributed by atoms with E-state index in [9.17, 15) is 4.79 Å². The fourth-order valence-corrected chi connectivity index (χ4v) is 3.20. The van der Waals surface area contributed by atoms with Crippen molar-refractivity contribution in [3.8, 4) is 5.75 Å². The molecular formula is C21H26N2O2. The predicted octanol–water partition coefficient (Wildman–Crippen LogP) is 3.22. The van der Waals surface area contributed by atoms with Crippen LogP contribution in [-0.4, -0.2) is 30.4 Å². The van der Waals surface area contributed by atoms with Gasteiger partial charge in [-0.15, -0.1) is 0 Å². The molecule has 0 spiro atoms. The molecule has 0 unspecified atom stereocenters. The number of nitrogens with zero attached hydrogens (tertiary/aromatic N) is 1. The van der Waals surface area contributed by atoms with Crippen molar-refractivity contribution >= 4 is 5.91 Å². The SMILES string of the molecule is CCNC(=O)[C@H]1CCN(Cc2ccc(OCc3ccccc3)cc2)C1. The lowest BCUT2D eigenvalue weighted by molar-refractivity contribution is -0.124. The molecule has 0 aliphatic carbocycles. The van der Waals surface area contributed by atoms with Gasteiger partial charge in [-0.25, -0.2) is 0 Å². The Bertz CT molecular complexity index is 670. The highest BCUT2D eigenvalue weighted by molar-refractivity contribution is 5.79. The molecule has 2 aromatic carbocycles. The topological polar surface area (TPSA) is 41.6 Å². The standard InChI is InChI=1S/C21H26N2O2/c1-2-22-21(24)19-12-13-23(15-19)14-17-8-10-20(11-9-17)25-16-18-6-4-3-5-7-18/h3-11,19H,2,12-16H2,1H3,(H,22,24)/t19-/m0/s1. The molecule has 1 fully saturated rings. The van der Waals surface area contributed by atoms with Gasteiger partial charge in [0.15, 0.2) is 0 Å². The van der Waals surface area contributed by atoms with Gasteiger partial charge in [0.2, 0.25) is 5.91 Å². The summed E-state index contributed by atoms with van der Waals surface area (Å²) in [6.07, 6.45) is 0.949. The highest BCUT2D eigenvalue weighted by Crippen LogP contribution is 2.20. The maximum absolute atomic E-state index is 11.9. The quantitative estimate of drug-likeness (QED) is 0.843. The lowest BCUT2D eigenvalue weighted by Crippen LogP contribution is -2.32. The molecule has 3 rings (SSSR count). The summed E-state index contributed by atoms with van der Waals surface area (Å²) in [5.74, 6) is 1.21. The Labute approximate surface area is 149 Å². The second kappa shape index (κ2) is 8.67. The summed E-state index contributed by atoms with van der Waals surface area (Å²) < 4.78 is 5.83. The maximum Gasteiger partial charge on any atom is 0.224 e. The number of carbonyl (C=O) groups excluding carboxylic acids is 1. The molecule has 4 heteroatoms. The monoisotopic (exact) mass is 338 g/mol. The van der Waals surface area contributed by atoms with Crippen molar-refractivity contribution in [2.45, 2.75) is 26.5 Å². The number of hydrogen-bond acceptors (Lipinski definition) is 3. The normalized spacial score (nSPS) is 17.4. The van der Waals surface area contributed by atoms with Gasteiger partial charge < -0.3 is 10.1 Å². The number of rotatable bonds is 7. The molecule has 132 valence electrons. The maximum atomic E-state index is 11.9. The Kier molecular flexibility index (Phi) is 6.07. The molecule has 1 aliphatic rings. The Morgan fingerprint density at radius 2 is 1.88 bits per heavy atom. The second-order valence-corrected chi connectivity index (χ2v) is 6.53. The molecule has 0 radical (unpaired) electrons. The predicted molar refractivity (Wildman–Crippen MR) is 99.3 cm³/mol. The Balaban J connectivity index is 1.47.